The van der Waals surface area contributed by atoms with Crippen molar-refractivity contribution in [3.8, 4) is 33.4 Å². The third-order valence-electron chi connectivity index (χ3n) is 11.9. The maximum absolute atomic E-state index is 2.53. The molecule has 10 aromatic carbocycles. The predicted octanol–water partition coefficient (Wildman–Crippen LogP) is 15.3. The topological polar surface area (TPSA) is 3.24 Å². The molecule has 0 amide bonds. The fourth-order valence-electron chi connectivity index (χ4n) is 9.24. The zero-order valence-corrected chi connectivity index (χ0v) is 31.5. The number of benzene rings is 10. The molecule has 57 heavy (non-hydrogen) atoms. The molecule has 10 aromatic rings. The quantitative estimate of drug-likeness (QED) is 0.154. The number of fused-ring (bicyclic) bond motifs is 4. The summed E-state index contributed by atoms with van der Waals surface area (Å²) in [6.07, 6.45) is 3.36. The van der Waals surface area contributed by atoms with Gasteiger partial charge in [0.25, 0.3) is 0 Å². The Bertz CT molecular complexity index is 3130. The Hall–Kier alpha value is -7.22. The van der Waals surface area contributed by atoms with E-state index >= 15 is 0 Å². The summed E-state index contributed by atoms with van der Waals surface area (Å²) in [5.74, 6) is 0. The molecule has 0 radical (unpaired) electrons. The van der Waals surface area contributed by atoms with Crippen molar-refractivity contribution < 1.29 is 0 Å². The van der Waals surface area contributed by atoms with Gasteiger partial charge in [0.1, 0.15) is 0 Å². The van der Waals surface area contributed by atoms with Crippen molar-refractivity contribution in [2.45, 2.75) is 12.5 Å². The van der Waals surface area contributed by atoms with Crippen LogP contribution in [0, 0.1) is 0 Å². The zero-order chi connectivity index (χ0) is 37.7. The first-order chi connectivity index (χ1) is 28.3. The van der Waals surface area contributed by atoms with E-state index < -0.39 is 0 Å². The third kappa shape index (κ3) is 5.79. The molecule has 1 aliphatic heterocycles. The van der Waals surface area contributed by atoms with Crippen molar-refractivity contribution in [3.05, 3.63) is 230 Å². The van der Waals surface area contributed by atoms with E-state index in [9.17, 15) is 0 Å². The van der Waals surface area contributed by atoms with E-state index in [1.165, 1.54) is 99.0 Å². The average Bonchev–Trinajstić information content (AvgIpc) is 3.74. The molecule has 1 aliphatic rings. The van der Waals surface area contributed by atoms with E-state index in [4.69, 9.17) is 0 Å². The van der Waals surface area contributed by atoms with E-state index in [0.717, 1.165) is 6.42 Å². The van der Waals surface area contributed by atoms with Crippen LogP contribution in [-0.2, 0) is 0 Å². The highest BCUT2D eigenvalue weighted by Crippen LogP contribution is 2.45. The lowest BCUT2D eigenvalue weighted by molar-refractivity contribution is 0.749. The van der Waals surface area contributed by atoms with Crippen LogP contribution in [-0.4, -0.2) is 0 Å². The normalized spacial score (nSPS) is 14.1. The van der Waals surface area contributed by atoms with Crippen LogP contribution in [0.4, 0.5) is 5.69 Å². The molecule has 1 atom stereocenters. The lowest BCUT2D eigenvalue weighted by Gasteiger charge is -2.31. The smallest absolute Gasteiger partial charge is 0.0626 e. The van der Waals surface area contributed by atoms with Gasteiger partial charge in [0, 0.05) is 11.4 Å². The van der Waals surface area contributed by atoms with Crippen molar-refractivity contribution in [2.75, 3.05) is 4.90 Å². The number of rotatable bonds is 6. The monoisotopic (exact) mass is 725 g/mol. The summed E-state index contributed by atoms with van der Waals surface area (Å²) < 4.78 is 0. The van der Waals surface area contributed by atoms with E-state index in [-0.39, 0.29) is 6.04 Å². The highest BCUT2D eigenvalue weighted by molar-refractivity contribution is 6.14. The molecule has 1 heterocycles. The van der Waals surface area contributed by atoms with Gasteiger partial charge in [-0.05, 0) is 130 Å². The van der Waals surface area contributed by atoms with Gasteiger partial charge in [-0.3, -0.25) is 0 Å². The van der Waals surface area contributed by atoms with Gasteiger partial charge < -0.3 is 4.90 Å². The van der Waals surface area contributed by atoms with Gasteiger partial charge in [-0.15, -0.1) is 0 Å². The molecule has 1 unspecified atom stereocenters. The molecule has 0 saturated heterocycles. The Balaban J connectivity index is 1.09. The molecule has 0 N–H and O–H groups in total. The summed E-state index contributed by atoms with van der Waals surface area (Å²) in [5.41, 5.74) is 12.4. The minimum Gasteiger partial charge on any atom is -0.333 e. The second kappa shape index (κ2) is 13.8. The Morgan fingerprint density at radius 3 is 1.54 bits per heavy atom. The van der Waals surface area contributed by atoms with Crippen molar-refractivity contribution in [2.24, 2.45) is 0 Å². The van der Waals surface area contributed by atoms with Gasteiger partial charge >= 0.3 is 0 Å². The van der Waals surface area contributed by atoms with Crippen LogP contribution >= 0.6 is 0 Å². The van der Waals surface area contributed by atoms with E-state index in [2.05, 4.69) is 223 Å². The fourth-order valence-corrected chi connectivity index (χ4v) is 9.24. The molecule has 0 fully saturated rings. The Kier molecular flexibility index (Phi) is 8.03. The molecule has 0 spiro atoms. The Labute approximate surface area is 333 Å². The van der Waals surface area contributed by atoms with Gasteiger partial charge in [-0.1, -0.05) is 182 Å². The SMILES string of the molecule is C1=C(c2ccccc2)N(c2ccc(-c3cc(-c4cccc5ccccc45)c4cc5cccc(-c6cccc7ccccc67)c5cc4c3)cc2)C(c2ccccc2)C1. The van der Waals surface area contributed by atoms with Crippen LogP contribution in [0.25, 0.3) is 82.2 Å². The molecular formula is C56H39N. The summed E-state index contributed by atoms with van der Waals surface area (Å²) in [5, 5.41) is 10.0. The maximum Gasteiger partial charge on any atom is 0.0626 e. The lowest BCUT2D eigenvalue weighted by Crippen LogP contribution is -2.22. The highest BCUT2D eigenvalue weighted by atomic mass is 15.2. The largest absolute Gasteiger partial charge is 0.333 e. The van der Waals surface area contributed by atoms with Crippen LogP contribution in [0.15, 0.2) is 218 Å². The number of anilines is 1. The van der Waals surface area contributed by atoms with Gasteiger partial charge in [0.05, 0.1) is 6.04 Å². The van der Waals surface area contributed by atoms with Crippen molar-refractivity contribution in [1.29, 1.82) is 0 Å². The Morgan fingerprint density at radius 2 is 0.860 bits per heavy atom. The average molecular weight is 726 g/mol. The first kappa shape index (κ1) is 33.1. The molecule has 0 bridgehead atoms. The summed E-state index contributed by atoms with van der Waals surface area (Å²) >= 11 is 0. The molecule has 268 valence electrons. The molecule has 1 heteroatoms. The highest BCUT2D eigenvalue weighted by Gasteiger charge is 2.29. The molecular weight excluding hydrogens is 687 g/mol. The van der Waals surface area contributed by atoms with Crippen LogP contribution < -0.4 is 4.90 Å². The van der Waals surface area contributed by atoms with E-state index in [1.54, 1.807) is 0 Å². The van der Waals surface area contributed by atoms with Crippen LogP contribution in [0.2, 0.25) is 0 Å². The summed E-state index contributed by atoms with van der Waals surface area (Å²) in [7, 11) is 0. The minimum absolute atomic E-state index is 0.232. The van der Waals surface area contributed by atoms with Gasteiger partial charge in [-0.25, -0.2) is 0 Å². The summed E-state index contributed by atoms with van der Waals surface area (Å²) in [6, 6.07) is 78.5. The minimum atomic E-state index is 0.232. The first-order valence-corrected chi connectivity index (χ1v) is 19.9. The second-order valence-electron chi connectivity index (χ2n) is 15.2. The maximum atomic E-state index is 2.53. The molecule has 0 saturated carbocycles. The van der Waals surface area contributed by atoms with Crippen molar-refractivity contribution >= 4 is 54.5 Å². The Morgan fingerprint density at radius 1 is 0.333 bits per heavy atom. The van der Waals surface area contributed by atoms with Crippen LogP contribution in [0.1, 0.15) is 23.6 Å². The van der Waals surface area contributed by atoms with E-state index in [1.807, 2.05) is 0 Å². The number of nitrogens with zero attached hydrogens (tertiary/aromatic N) is 1. The van der Waals surface area contributed by atoms with Crippen LogP contribution in [0.5, 0.6) is 0 Å². The van der Waals surface area contributed by atoms with Gasteiger partial charge in [0.2, 0.25) is 0 Å². The van der Waals surface area contributed by atoms with Crippen molar-refractivity contribution in [3.63, 3.8) is 0 Å². The van der Waals surface area contributed by atoms with Crippen LogP contribution in [0.3, 0.4) is 0 Å². The number of hydrogen-bond donors (Lipinski definition) is 0. The molecule has 1 nitrogen and oxygen atoms in total. The molecule has 0 aliphatic carbocycles. The third-order valence-corrected chi connectivity index (χ3v) is 11.9. The molecule has 0 aromatic heterocycles. The zero-order valence-electron chi connectivity index (χ0n) is 31.5. The summed E-state index contributed by atoms with van der Waals surface area (Å²) in [6.45, 7) is 0. The lowest BCUT2D eigenvalue weighted by atomic mass is 9.87. The van der Waals surface area contributed by atoms with Gasteiger partial charge in [0.15, 0.2) is 0 Å². The first-order valence-electron chi connectivity index (χ1n) is 19.9. The standard InChI is InChI=1S/C56H39N/c1-3-16-41(17-4-1)55-32-33-56(42-18-5-2-6-19-42)57(55)46-30-28-38(29-31-46)44-34-45-37-52-43(22-13-27-51(52)49-25-11-20-39-14-7-9-23-47(39)49)35-53(45)54(36-44)50-26-12-21-40-15-8-10-24-48(40)50/h1-32,34-37,56H,33H2. The fraction of sp³-hybridized carbons (Fsp3) is 0.0357. The van der Waals surface area contributed by atoms with E-state index in [0.29, 0.717) is 0 Å². The number of hydrogen-bond acceptors (Lipinski definition) is 1. The van der Waals surface area contributed by atoms with Gasteiger partial charge in [-0.2, -0.15) is 0 Å². The predicted molar refractivity (Wildman–Crippen MR) is 243 cm³/mol. The molecule has 11 rings (SSSR count). The summed E-state index contributed by atoms with van der Waals surface area (Å²) in [4.78, 5) is 2.53. The second-order valence-corrected chi connectivity index (χ2v) is 15.2. The van der Waals surface area contributed by atoms with Crippen molar-refractivity contribution in [1.82, 2.24) is 0 Å².